The monoisotopic (exact) mass is 283 g/mol. The lowest BCUT2D eigenvalue weighted by atomic mass is 10.1. The number of pyridine rings is 1. The Kier molecular flexibility index (Phi) is 3.83. The van der Waals surface area contributed by atoms with E-state index in [-0.39, 0.29) is 6.61 Å². The second-order valence-corrected chi connectivity index (χ2v) is 4.83. The molecule has 0 aliphatic carbocycles. The smallest absolute Gasteiger partial charge is 0.227 e. The Morgan fingerprint density at radius 3 is 2.76 bits per heavy atom. The zero-order valence-electron chi connectivity index (χ0n) is 11.9. The van der Waals surface area contributed by atoms with Gasteiger partial charge in [0.15, 0.2) is 5.75 Å². The standard InChI is InChI=1S/C16H17N3O2/c1-2-7-19-10-13(9-18-19)21-16-15-6-4-3-5-14(15)12(11-20)8-17-16/h3-6,8-10,20H,2,7,11H2,1H3. The summed E-state index contributed by atoms with van der Waals surface area (Å²) < 4.78 is 7.69. The van der Waals surface area contributed by atoms with Crippen LogP contribution in [0.5, 0.6) is 11.6 Å². The lowest BCUT2D eigenvalue weighted by Gasteiger charge is -2.08. The van der Waals surface area contributed by atoms with Crippen molar-refractivity contribution in [3.63, 3.8) is 0 Å². The van der Waals surface area contributed by atoms with Crippen molar-refractivity contribution in [2.45, 2.75) is 26.5 Å². The molecule has 21 heavy (non-hydrogen) atoms. The number of fused-ring (bicyclic) bond motifs is 1. The summed E-state index contributed by atoms with van der Waals surface area (Å²) in [7, 11) is 0. The van der Waals surface area contributed by atoms with Crippen LogP contribution < -0.4 is 4.74 Å². The maximum atomic E-state index is 9.38. The van der Waals surface area contributed by atoms with Crippen LogP contribution in [0.4, 0.5) is 0 Å². The van der Waals surface area contributed by atoms with E-state index in [9.17, 15) is 5.11 Å². The maximum absolute atomic E-state index is 9.38. The Labute approximate surface area is 122 Å². The topological polar surface area (TPSA) is 60.2 Å². The Bertz CT molecular complexity index is 752. The minimum absolute atomic E-state index is 0.0395. The molecule has 0 bridgehead atoms. The van der Waals surface area contributed by atoms with E-state index in [1.807, 2.05) is 35.1 Å². The Morgan fingerprint density at radius 2 is 2.00 bits per heavy atom. The summed E-state index contributed by atoms with van der Waals surface area (Å²) >= 11 is 0. The second kappa shape index (κ2) is 5.93. The molecule has 0 aliphatic heterocycles. The van der Waals surface area contributed by atoms with Crippen molar-refractivity contribution in [3.05, 3.63) is 48.4 Å². The summed E-state index contributed by atoms with van der Waals surface area (Å²) in [6.07, 6.45) is 6.22. The van der Waals surface area contributed by atoms with E-state index in [2.05, 4.69) is 17.0 Å². The van der Waals surface area contributed by atoms with E-state index in [0.29, 0.717) is 11.6 Å². The van der Waals surface area contributed by atoms with Gasteiger partial charge in [-0.25, -0.2) is 4.98 Å². The average molecular weight is 283 g/mol. The number of benzene rings is 1. The van der Waals surface area contributed by atoms with Crippen molar-refractivity contribution < 1.29 is 9.84 Å². The van der Waals surface area contributed by atoms with Crippen LogP contribution in [0.15, 0.2) is 42.9 Å². The van der Waals surface area contributed by atoms with Crippen molar-refractivity contribution in [2.24, 2.45) is 0 Å². The van der Waals surface area contributed by atoms with Crippen LogP contribution in [0.25, 0.3) is 10.8 Å². The van der Waals surface area contributed by atoms with Crippen molar-refractivity contribution in [1.82, 2.24) is 14.8 Å². The van der Waals surface area contributed by atoms with Crippen molar-refractivity contribution in [1.29, 1.82) is 0 Å². The molecule has 5 nitrogen and oxygen atoms in total. The fraction of sp³-hybridized carbons (Fsp3) is 0.250. The molecular weight excluding hydrogens is 266 g/mol. The number of hydrogen-bond donors (Lipinski definition) is 1. The lowest BCUT2D eigenvalue weighted by molar-refractivity contribution is 0.283. The molecule has 1 aromatic carbocycles. The van der Waals surface area contributed by atoms with E-state index in [1.165, 1.54) is 0 Å². The van der Waals surface area contributed by atoms with Gasteiger partial charge in [0.1, 0.15) is 0 Å². The molecule has 108 valence electrons. The van der Waals surface area contributed by atoms with Gasteiger partial charge in [0, 0.05) is 23.7 Å². The largest absolute Gasteiger partial charge is 0.435 e. The molecule has 0 saturated carbocycles. The van der Waals surface area contributed by atoms with Gasteiger partial charge in [0.25, 0.3) is 0 Å². The number of aryl methyl sites for hydroxylation is 1. The highest BCUT2D eigenvalue weighted by Gasteiger charge is 2.09. The van der Waals surface area contributed by atoms with Gasteiger partial charge in [-0.3, -0.25) is 4.68 Å². The van der Waals surface area contributed by atoms with Gasteiger partial charge in [0.2, 0.25) is 5.88 Å². The van der Waals surface area contributed by atoms with Crippen LogP contribution in [-0.2, 0) is 13.2 Å². The fourth-order valence-corrected chi connectivity index (χ4v) is 2.29. The van der Waals surface area contributed by atoms with Crippen LogP contribution in [0.2, 0.25) is 0 Å². The molecule has 0 amide bonds. The van der Waals surface area contributed by atoms with Crippen LogP contribution in [0, 0.1) is 0 Å². The summed E-state index contributed by atoms with van der Waals surface area (Å²) in [5, 5.41) is 15.5. The summed E-state index contributed by atoms with van der Waals surface area (Å²) in [4.78, 5) is 4.31. The van der Waals surface area contributed by atoms with Gasteiger partial charge in [-0.1, -0.05) is 25.1 Å². The van der Waals surface area contributed by atoms with Crippen molar-refractivity contribution in [3.8, 4) is 11.6 Å². The third kappa shape index (κ3) is 2.73. The minimum Gasteiger partial charge on any atom is -0.435 e. The van der Waals surface area contributed by atoms with Gasteiger partial charge in [-0.15, -0.1) is 0 Å². The first kappa shape index (κ1) is 13.6. The lowest BCUT2D eigenvalue weighted by Crippen LogP contribution is -1.96. The Balaban J connectivity index is 1.96. The highest BCUT2D eigenvalue weighted by atomic mass is 16.5. The molecule has 0 aliphatic rings. The molecule has 3 aromatic rings. The van der Waals surface area contributed by atoms with Crippen molar-refractivity contribution in [2.75, 3.05) is 0 Å². The van der Waals surface area contributed by atoms with Crippen LogP contribution >= 0.6 is 0 Å². The second-order valence-electron chi connectivity index (χ2n) is 4.83. The summed E-state index contributed by atoms with van der Waals surface area (Å²) in [5.41, 5.74) is 0.791. The number of ether oxygens (including phenoxy) is 1. The first-order valence-electron chi connectivity index (χ1n) is 6.99. The molecule has 0 saturated heterocycles. The molecule has 0 fully saturated rings. The molecule has 0 radical (unpaired) electrons. The normalized spacial score (nSPS) is 11.0. The molecule has 2 aromatic heterocycles. The van der Waals surface area contributed by atoms with E-state index in [1.54, 1.807) is 12.4 Å². The summed E-state index contributed by atoms with van der Waals surface area (Å²) in [5.74, 6) is 1.19. The Morgan fingerprint density at radius 1 is 1.19 bits per heavy atom. The molecule has 2 heterocycles. The van der Waals surface area contributed by atoms with E-state index >= 15 is 0 Å². The number of aromatic nitrogens is 3. The maximum Gasteiger partial charge on any atom is 0.227 e. The number of aliphatic hydroxyl groups is 1. The average Bonchev–Trinajstić information content (AvgIpc) is 2.95. The number of rotatable bonds is 5. The number of aliphatic hydroxyl groups excluding tert-OH is 1. The molecule has 0 unspecified atom stereocenters. The molecule has 0 atom stereocenters. The first-order valence-corrected chi connectivity index (χ1v) is 6.99. The molecule has 3 rings (SSSR count). The van der Waals surface area contributed by atoms with Crippen LogP contribution in [-0.4, -0.2) is 19.9 Å². The van der Waals surface area contributed by atoms with Crippen LogP contribution in [0.1, 0.15) is 18.9 Å². The molecule has 1 N–H and O–H groups in total. The van der Waals surface area contributed by atoms with Gasteiger partial charge in [-0.2, -0.15) is 5.10 Å². The van der Waals surface area contributed by atoms with Gasteiger partial charge < -0.3 is 9.84 Å². The van der Waals surface area contributed by atoms with Gasteiger partial charge >= 0.3 is 0 Å². The van der Waals surface area contributed by atoms with Gasteiger partial charge in [0.05, 0.1) is 19.0 Å². The highest BCUT2D eigenvalue weighted by Crippen LogP contribution is 2.29. The SMILES string of the molecule is CCCn1cc(Oc2ncc(CO)c3ccccc23)cn1. The minimum atomic E-state index is -0.0395. The summed E-state index contributed by atoms with van der Waals surface area (Å²) in [6, 6.07) is 7.76. The first-order chi connectivity index (χ1) is 10.3. The van der Waals surface area contributed by atoms with Crippen molar-refractivity contribution >= 4 is 10.8 Å². The van der Waals surface area contributed by atoms with E-state index in [4.69, 9.17) is 4.74 Å². The quantitative estimate of drug-likeness (QED) is 0.781. The number of hydrogen-bond acceptors (Lipinski definition) is 4. The zero-order valence-corrected chi connectivity index (χ0v) is 11.9. The Hall–Kier alpha value is -2.40. The van der Waals surface area contributed by atoms with E-state index < -0.39 is 0 Å². The zero-order chi connectivity index (χ0) is 14.7. The van der Waals surface area contributed by atoms with Gasteiger partial charge in [-0.05, 0) is 17.9 Å². The third-order valence-electron chi connectivity index (χ3n) is 3.29. The fourth-order valence-electron chi connectivity index (χ4n) is 2.29. The predicted molar refractivity (Wildman–Crippen MR) is 80.3 cm³/mol. The summed E-state index contributed by atoms with van der Waals surface area (Å²) in [6.45, 7) is 2.92. The predicted octanol–water partition coefficient (Wildman–Crippen LogP) is 3.13. The van der Waals surface area contributed by atoms with Crippen LogP contribution in [0.3, 0.4) is 0 Å². The molecule has 0 spiro atoms. The number of nitrogens with zero attached hydrogens (tertiary/aromatic N) is 3. The highest BCUT2D eigenvalue weighted by molar-refractivity contribution is 5.89. The molecule has 5 heteroatoms. The third-order valence-corrected chi connectivity index (χ3v) is 3.29. The van der Waals surface area contributed by atoms with E-state index in [0.717, 1.165) is 29.3 Å². The molecular formula is C16H17N3O2.